The van der Waals surface area contributed by atoms with E-state index in [1.807, 2.05) is 26.0 Å². The van der Waals surface area contributed by atoms with Crippen LogP contribution < -0.4 is 10.1 Å². The van der Waals surface area contributed by atoms with Crippen LogP contribution in [0.4, 0.5) is 13.2 Å². The van der Waals surface area contributed by atoms with Gasteiger partial charge in [-0.3, -0.25) is 9.69 Å². The number of nitrogens with zero attached hydrogens (tertiary/aromatic N) is 2. The second-order valence-electron chi connectivity index (χ2n) is 7.87. The highest BCUT2D eigenvalue weighted by atomic mass is 19.4. The van der Waals surface area contributed by atoms with Crippen molar-refractivity contribution >= 4 is 11.9 Å². The third-order valence-corrected chi connectivity index (χ3v) is 5.25. The Morgan fingerprint density at radius 1 is 1.45 bits per heavy atom. The van der Waals surface area contributed by atoms with E-state index >= 15 is 0 Å². The topological polar surface area (TPSA) is 101 Å². The zero-order valence-electron chi connectivity index (χ0n) is 17.7. The van der Waals surface area contributed by atoms with Crippen molar-refractivity contribution < 1.29 is 37.3 Å². The van der Waals surface area contributed by atoms with E-state index in [-0.39, 0.29) is 18.1 Å². The normalized spacial score (nSPS) is 23.5. The number of pyridine rings is 1. The summed E-state index contributed by atoms with van der Waals surface area (Å²) in [6.45, 7) is 7.04. The Kier molecular flexibility index (Phi) is 8.24. The molecule has 2 fully saturated rings. The van der Waals surface area contributed by atoms with Gasteiger partial charge in [-0.25, -0.2) is 9.78 Å². The molecule has 2 N–H and O–H groups in total. The summed E-state index contributed by atoms with van der Waals surface area (Å²) < 4.78 is 43.0. The summed E-state index contributed by atoms with van der Waals surface area (Å²) in [4.78, 5) is 28.4. The van der Waals surface area contributed by atoms with Crippen molar-refractivity contribution in [2.75, 3.05) is 26.8 Å². The molecule has 174 valence electrons. The Hall–Kier alpha value is -2.40. The van der Waals surface area contributed by atoms with E-state index in [1.54, 1.807) is 13.3 Å². The molecule has 0 saturated carbocycles. The first kappa shape index (κ1) is 24.9. The number of halogens is 3. The predicted octanol–water partition coefficient (Wildman–Crippen LogP) is 2.23. The van der Waals surface area contributed by atoms with Crippen molar-refractivity contribution in [1.82, 2.24) is 15.2 Å². The maximum atomic E-state index is 12.9. The largest absolute Gasteiger partial charge is 0.490 e. The molecule has 0 unspecified atom stereocenters. The molecular formula is C20H28F3N3O5. The first-order valence-electron chi connectivity index (χ1n) is 9.92. The molecule has 1 aromatic heterocycles. The number of piperidine rings is 1. The van der Waals surface area contributed by atoms with E-state index in [4.69, 9.17) is 19.4 Å². The molecule has 2 atom stereocenters. The van der Waals surface area contributed by atoms with E-state index in [0.717, 1.165) is 31.5 Å². The number of fused-ring (bicyclic) bond motifs is 1. The Morgan fingerprint density at radius 3 is 2.71 bits per heavy atom. The number of carboxylic acid groups (broad SMARTS) is 1. The van der Waals surface area contributed by atoms with E-state index in [0.29, 0.717) is 19.0 Å². The van der Waals surface area contributed by atoms with Gasteiger partial charge in [0, 0.05) is 44.0 Å². The van der Waals surface area contributed by atoms with E-state index in [1.165, 1.54) is 0 Å². The molecule has 11 heteroatoms. The van der Waals surface area contributed by atoms with E-state index in [9.17, 15) is 18.0 Å². The second kappa shape index (κ2) is 10.3. The van der Waals surface area contributed by atoms with Gasteiger partial charge in [-0.2, -0.15) is 13.2 Å². The van der Waals surface area contributed by atoms with Crippen LogP contribution in [0.1, 0.15) is 32.3 Å². The van der Waals surface area contributed by atoms with Crippen LogP contribution in [0.25, 0.3) is 0 Å². The molecule has 1 aromatic rings. The number of rotatable bonds is 5. The van der Waals surface area contributed by atoms with Gasteiger partial charge in [-0.05, 0) is 32.8 Å². The molecule has 3 rings (SSSR count). The first-order valence-corrected chi connectivity index (χ1v) is 9.92. The monoisotopic (exact) mass is 447 g/mol. The highest BCUT2D eigenvalue weighted by Crippen LogP contribution is 2.41. The number of alkyl halides is 3. The zero-order chi connectivity index (χ0) is 23.2. The van der Waals surface area contributed by atoms with Gasteiger partial charge in [0.25, 0.3) is 0 Å². The van der Waals surface area contributed by atoms with E-state index in [2.05, 4.69) is 15.2 Å². The van der Waals surface area contributed by atoms with Gasteiger partial charge < -0.3 is 19.9 Å². The number of methoxy groups -OCH3 is 1. The molecule has 0 bridgehead atoms. The number of likely N-dealkylation sites (tertiary alicyclic amines) is 1. The third-order valence-electron chi connectivity index (χ3n) is 5.25. The van der Waals surface area contributed by atoms with Crippen LogP contribution in [0.15, 0.2) is 18.3 Å². The van der Waals surface area contributed by atoms with Crippen LogP contribution in [0.2, 0.25) is 0 Å². The number of amides is 1. The lowest BCUT2D eigenvalue weighted by Gasteiger charge is -2.42. The van der Waals surface area contributed by atoms with Gasteiger partial charge in [0.15, 0.2) is 0 Å². The van der Waals surface area contributed by atoms with Gasteiger partial charge in [-0.1, -0.05) is 6.07 Å². The molecule has 31 heavy (non-hydrogen) atoms. The van der Waals surface area contributed by atoms with Crippen molar-refractivity contribution in [2.24, 2.45) is 5.41 Å². The predicted molar refractivity (Wildman–Crippen MR) is 104 cm³/mol. The molecule has 1 amide bonds. The minimum Gasteiger partial charge on any atom is -0.481 e. The number of nitrogens with one attached hydrogen (secondary N) is 1. The average Bonchev–Trinajstić information content (AvgIpc) is 3.12. The quantitative estimate of drug-likeness (QED) is 0.714. The SMILES string of the molecule is COc1ncccc1CN1CC[C@H]2OCC[C@@]2(C(=O)NC(C)C)C1.O=C(O)C(F)(F)F. The van der Waals surface area contributed by atoms with Crippen LogP contribution in [0, 0.1) is 5.41 Å². The molecule has 2 saturated heterocycles. The lowest BCUT2D eigenvalue weighted by molar-refractivity contribution is -0.192. The van der Waals surface area contributed by atoms with Crippen LogP contribution >= 0.6 is 0 Å². The van der Waals surface area contributed by atoms with Crippen molar-refractivity contribution in [3.8, 4) is 5.88 Å². The first-order chi connectivity index (χ1) is 14.5. The minimum atomic E-state index is -5.08. The van der Waals surface area contributed by atoms with Crippen molar-refractivity contribution in [3.63, 3.8) is 0 Å². The smallest absolute Gasteiger partial charge is 0.481 e. The summed E-state index contributed by atoms with van der Waals surface area (Å²) in [7, 11) is 1.64. The summed E-state index contributed by atoms with van der Waals surface area (Å²) in [6, 6.07) is 4.09. The number of hydrogen-bond acceptors (Lipinski definition) is 6. The lowest BCUT2D eigenvalue weighted by Crippen LogP contribution is -2.57. The van der Waals surface area contributed by atoms with Crippen molar-refractivity contribution in [2.45, 2.75) is 51.6 Å². The standard InChI is InChI=1S/C18H27N3O3.C2HF3O2/c1-13(2)20-17(22)18-7-10-24-15(18)6-9-21(12-18)11-14-5-4-8-19-16(14)23-3;3-2(4,5)1(6)7/h4-5,8,13,15H,6-7,9-12H2,1-3H3,(H,20,22);(H,6,7)/t15-,18-;/m1./s1. The van der Waals surface area contributed by atoms with Crippen LogP contribution in [-0.2, 0) is 20.9 Å². The number of aromatic nitrogens is 1. The Bertz CT molecular complexity index is 775. The Balaban J connectivity index is 0.000000423. The summed E-state index contributed by atoms with van der Waals surface area (Å²) in [5.41, 5.74) is 0.620. The highest BCUT2D eigenvalue weighted by molar-refractivity contribution is 5.84. The van der Waals surface area contributed by atoms with Gasteiger partial charge >= 0.3 is 12.1 Å². The summed E-state index contributed by atoms with van der Waals surface area (Å²) in [6.07, 6.45) is -1.65. The Labute approximate surface area is 178 Å². The zero-order valence-corrected chi connectivity index (χ0v) is 17.7. The molecule has 0 aromatic carbocycles. The fourth-order valence-corrected chi connectivity index (χ4v) is 3.86. The number of hydrogen-bond donors (Lipinski definition) is 2. The number of carboxylic acids is 1. The van der Waals surface area contributed by atoms with Gasteiger partial charge in [0.05, 0.1) is 18.6 Å². The summed E-state index contributed by atoms with van der Waals surface area (Å²) in [5.74, 6) is -1.97. The molecule has 0 radical (unpaired) electrons. The number of ether oxygens (including phenoxy) is 2. The van der Waals surface area contributed by atoms with Crippen LogP contribution in [-0.4, -0.2) is 72.0 Å². The molecule has 0 spiro atoms. The van der Waals surface area contributed by atoms with Gasteiger partial charge in [-0.15, -0.1) is 0 Å². The number of carbonyl (C=O) groups is 2. The molecule has 3 heterocycles. The van der Waals surface area contributed by atoms with Gasteiger partial charge in [0.1, 0.15) is 0 Å². The number of aliphatic carboxylic acids is 1. The fourth-order valence-electron chi connectivity index (χ4n) is 3.86. The van der Waals surface area contributed by atoms with Crippen molar-refractivity contribution in [3.05, 3.63) is 23.9 Å². The van der Waals surface area contributed by atoms with Crippen molar-refractivity contribution in [1.29, 1.82) is 0 Å². The number of carbonyl (C=O) groups excluding carboxylic acids is 1. The lowest BCUT2D eigenvalue weighted by atomic mass is 9.75. The summed E-state index contributed by atoms with van der Waals surface area (Å²) in [5, 5.41) is 10.2. The van der Waals surface area contributed by atoms with Crippen LogP contribution in [0.3, 0.4) is 0 Å². The third kappa shape index (κ3) is 6.30. The summed E-state index contributed by atoms with van der Waals surface area (Å²) >= 11 is 0. The molecule has 2 aliphatic rings. The van der Waals surface area contributed by atoms with E-state index < -0.39 is 17.6 Å². The maximum Gasteiger partial charge on any atom is 0.490 e. The molecule has 0 aliphatic carbocycles. The molecule has 2 aliphatic heterocycles. The average molecular weight is 447 g/mol. The molecular weight excluding hydrogens is 419 g/mol. The second-order valence-corrected chi connectivity index (χ2v) is 7.87. The highest BCUT2D eigenvalue weighted by Gasteiger charge is 2.53. The fraction of sp³-hybridized carbons (Fsp3) is 0.650. The Morgan fingerprint density at radius 2 is 2.13 bits per heavy atom. The minimum absolute atomic E-state index is 0.0308. The van der Waals surface area contributed by atoms with Crippen LogP contribution in [0.5, 0.6) is 5.88 Å². The van der Waals surface area contributed by atoms with Gasteiger partial charge in [0.2, 0.25) is 11.8 Å². The maximum absolute atomic E-state index is 12.9. The molecule has 8 nitrogen and oxygen atoms in total.